The molecule has 29 heavy (non-hydrogen) atoms. The predicted molar refractivity (Wildman–Crippen MR) is 115 cm³/mol. The van der Waals surface area contributed by atoms with E-state index < -0.39 is 0 Å². The van der Waals surface area contributed by atoms with Gasteiger partial charge in [-0.2, -0.15) is 0 Å². The lowest BCUT2D eigenvalue weighted by Gasteiger charge is -2.21. The Morgan fingerprint density at radius 3 is 1.76 bits per heavy atom. The van der Waals surface area contributed by atoms with Crippen LogP contribution in [0.15, 0.2) is 91.0 Å². The van der Waals surface area contributed by atoms with Crippen LogP contribution in [-0.4, -0.2) is 29.2 Å². The molecule has 0 saturated carbocycles. The summed E-state index contributed by atoms with van der Waals surface area (Å²) < 4.78 is 0. The molecule has 1 amide bonds. The Morgan fingerprint density at radius 2 is 1.28 bits per heavy atom. The topological polar surface area (TPSA) is 63.4 Å². The quantitative estimate of drug-likeness (QED) is 0.673. The van der Waals surface area contributed by atoms with E-state index in [0.29, 0.717) is 0 Å². The van der Waals surface area contributed by atoms with Gasteiger partial charge in [-0.25, -0.2) is 0 Å². The van der Waals surface area contributed by atoms with Crippen LogP contribution in [0, 0.1) is 0 Å². The summed E-state index contributed by atoms with van der Waals surface area (Å²) >= 11 is 0. The zero-order chi connectivity index (χ0) is 20.5. The number of nitrogens with two attached hydrogens (primary N) is 1. The molecule has 1 aliphatic rings. The lowest BCUT2D eigenvalue weighted by Crippen LogP contribution is -2.39. The van der Waals surface area contributed by atoms with E-state index in [1.165, 1.54) is 5.56 Å². The van der Waals surface area contributed by atoms with Crippen molar-refractivity contribution in [2.24, 2.45) is 5.73 Å². The second-order valence-corrected chi connectivity index (χ2v) is 7.08. The van der Waals surface area contributed by atoms with Gasteiger partial charge in [0.15, 0.2) is 5.78 Å². The highest BCUT2D eigenvalue weighted by Crippen LogP contribution is 2.19. The first-order valence-corrected chi connectivity index (χ1v) is 9.87. The number of amides is 1. The minimum Gasteiger partial charge on any atom is -0.368 e. The highest BCUT2D eigenvalue weighted by molar-refractivity contribution is 6.08. The van der Waals surface area contributed by atoms with Crippen LogP contribution in [0.4, 0.5) is 0 Å². The summed E-state index contributed by atoms with van der Waals surface area (Å²) in [5, 5.41) is 0. The Hall–Kier alpha value is -3.24. The molecule has 1 saturated heterocycles. The van der Waals surface area contributed by atoms with Crippen LogP contribution >= 0.6 is 0 Å². The number of hydrogen-bond acceptors (Lipinski definition) is 3. The Labute approximate surface area is 172 Å². The minimum absolute atomic E-state index is 0.0646. The predicted octanol–water partition coefficient (Wildman–Crippen LogP) is 4.05. The molecule has 2 N–H and O–H groups in total. The summed E-state index contributed by atoms with van der Waals surface area (Å²) in [4.78, 5) is 25.2. The zero-order valence-corrected chi connectivity index (χ0v) is 16.4. The molecule has 3 aromatic carbocycles. The van der Waals surface area contributed by atoms with Crippen LogP contribution in [0.5, 0.6) is 0 Å². The van der Waals surface area contributed by atoms with Crippen molar-refractivity contribution in [2.75, 3.05) is 6.54 Å². The van der Waals surface area contributed by atoms with E-state index in [1.54, 1.807) is 0 Å². The maximum atomic E-state index is 11.8. The van der Waals surface area contributed by atoms with Gasteiger partial charge in [0.1, 0.15) is 0 Å². The molecule has 4 heteroatoms. The lowest BCUT2D eigenvalue weighted by molar-refractivity contribution is -0.122. The van der Waals surface area contributed by atoms with Crippen molar-refractivity contribution in [1.82, 2.24) is 4.90 Å². The highest BCUT2D eigenvalue weighted by Gasteiger charge is 2.28. The normalized spacial score (nSPS) is 15.9. The molecule has 0 aliphatic carbocycles. The van der Waals surface area contributed by atoms with Crippen LogP contribution in [-0.2, 0) is 11.3 Å². The SMILES string of the molecule is NC(=O)C1CCCN1Cc1ccccc1.O=C(c1ccccc1)c1ccccc1. The third-order valence-electron chi connectivity index (χ3n) is 4.99. The fraction of sp³-hybridized carbons (Fsp3) is 0.200. The first-order chi connectivity index (χ1) is 14.1. The van der Waals surface area contributed by atoms with Gasteiger partial charge in [-0.1, -0.05) is 91.0 Å². The molecule has 1 fully saturated rings. The Bertz CT molecular complexity index is 870. The fourth-order valence-corrected chi connectivity index (χ4v) is 3.50. The summed E-state index contributed by atoms with van der Waals surface area (Å²) in [5.41, 5.74) is 8.07. The average Bonchev–Trinajstić information content (AvgIpc) is 3.24. The second-order valence-electron chi connectivity index (χ2n) is 7.08. The van der Waals surface area contributed by atoms with E-state index in [-0.39, 0.29) is 17.7 Å². The van der Waals surface area contributed by atoms with Gasteiger partial charge in [0.25, 0.3) is 0 Å². The lowest BCUT2D eigenvalue weighted by atomic mass is 10.0. The fourth-order valence-electron chi connectivity index (χ4n) is 3.50. The summed E-state index contributed by atoms with van der Waals surface area (Å²) in [6.45, 7) is 1.80. The number of benzene rings is 3. The van der Waals surface area contributed by atoms with Gasteiger partial charge in [0.2, 0.25) is 5.91 Å². The number of carbonyl (C=O) groups excluding carboxylic acids is 2. The van der Waals surface area contributed by atoms with E-state index >= 15 is 0 Å². The molecule has 1 heterocycles. The maximum absolute atomic E-state index is 11.8. The number of ketones is 1. The maximum Gasteiger partial charge on any atom is 0.234 e. The van der Waals surface area contributed by atoms with E-state index in [1.807, 2.05) is 78.9 Å². The smallest absolute Gasteiger partial charge is 0.234 e. The molecule has 0 bridgehead atoms. The van der Waals surface area contributed by atoms with Gasteiger partial charge >= 0.3 is 0 Å². The van der Waals surface area contributed by atoms with Crippen LogP contribution in [0.25, 0.3) is 0 Å². The number of rotatable bonds is 5. The van der Waals surface area contributed by atoms with E-state index in [9.17, 15) is 9.59 Å². The monoisotopic (exact) mass is 386 g/mol. The van der Waals surface area contributed by atoms with Crippen LogP contribution in [0.1, 0.15) is 34.3 Å². The van der Waals surface area contributed by atoms with E-state index in [4.69, 9.17) is 5.73 Å². The summed E-state index contributed by atoms with van der Waals surface area (Å²) in [6.07, 6.45) is 1.97. The second kappa shape index (κ2) is 10.3. The van der Waals surface area contributed by atoms with Crippen LogP contribution < -0.4 is 5.73 Å². The molecule has 3 aromatic rings. The van der Waals surface area contributed by atoms with E-state index in [2.05, 4.69) is 17.0 Å². The number of likely N-dealkylation sites (tertiary alicyclic amines) is 1. The standard InChI is InChI=1S/C13H10O.C12H16N2O/c14-13(11-7-3-1-4-8-11)12-9-5-2-6-10-12;13-12(15)11-7-4-8-14(11)9-10-5-2-1-3-6-10/h1-10H;1-3,5-6,11H,4,7-9H2,(H2,13,15). The average molecular weight is 386 g/mol. The van der Waals surface area contributed by atoms with Crippen LogP contribution in [0.3, 0.4) is 0 Å². The molecular formula is C25H26N2O2. The molecule has 4 nitrogen and oxygen atoms in total. The molecule has 1 unspecified atom stereocenters. The Morgan fingerprint density at radius 1 is 0.793 bits per heavy atom. The van der Waals surface area contributed by atoms with Crippen molar-refractivity contribution < 1.29 is 9.59 Å². The Balaban J connectivity index is 0.000000166. The van der Waals surface area contributed by atoms with Crippen molar-refractivity contribution in [2.45, 2.75) is 25.4 Å². The number of nitrogens with zero attached hydrogens (tertiary/aromatic N) is 1. The summed E-state index contributed by atoms with van der Waals surface area (Å²) in [7, 11) is 0. The first kappa shape index (κ1) is 20.5. The minimum atomic E-state index is -0.191. The molecule has 4 rings (SSSR count). The van der Waals surface area contributed by atoms with Crippen molar-refractivity contribution in [1.29, 1.82) is 0 Å². The van der Waals surface area contributed by atoms with Crippen molar-refractivity contribution >= 4 is 11.7 Å². The summed E-state index contributed by atoms with van der Waals surface area (Å²) in [6, 6.07) is 28.7. The zero-order valence-electron chi connectivity index (χ0n) is 16.4. The molecule has 0 spiro atoms. The number of hydrogen-bond donors (Lipinski definition) is 1. The van der Waals surface area contributed by atoms with Gasteiger partial charge in [-0.05, 0) is 24.9 Å². The van der Waals surface area contributed by atoms with E-state index in [0.717, 1.165) is 37.1 Å². The van der Waals surface area contributed by atoms with Crippen molar-refractivity contribution in [3.8, 4) is 0 Å². The molecule has 1 atom stereocenters. The molecule has 148 valence electrons. The van der Waals surface area contributed by atoms with Crippen molar-refractivity contribution in [3.05, 3.63) is 108 Å². The first-order valence-electron chi connectivity index (χ1n) is 9.87. The van der Waals surface area contributed by atoms with Crippen LogP contribution in [0.2, 0.25) is 0 Å². The van der Waals surface area contributed by atoms with Gasteiger partial charge in [0, 0.05) is 17.7 Å². The highest BCUT2D eigenvalue weighted by atomic mass is 16.1. The Kier molecular flexibility index (Phi) is 7.31. The van der Waals surface area contributed by atoms with Gasteiger partial charge in [0.05, 0.1) is 6.04 Å². The third-order valence-corrected chi connectivity index (χ3v) is 4.99. The number of primary amides is 1. The largest absolute Gasteiger partial charge is 0.368 e. The molecule has 0 radical (unpaired) electrons. The van der Waals surface area contributed by atoms with Gasteiger partial charge < -0.3 is 5.73 Å². The third kappa shape index (κ3) is 5.87. The summed E-state index contributed by atoms with van der Waals surface area (Å²) in [5.74, 6) is -0.116. The molecule has 0 aromatic heterocycles. The van der Waals surface area contributed by atoms with Gasteiger partial charge in [-0.3, -0.25) is 14.5 Å². The number of carbonyl (C=O) groups is 2. The van der Waals surface area contributed by atoms with Crippen molar-refractivity contribution in [3.63, 3.8) is 0 Å². The molecule has 1 aliphatic heterocycles. The van der Waals surface area contributed by atoms with Gasteiger partial charge in [-0.15, -0.1) is 0 Å². The molecular weight excluding hydrogens is 360 g/mol.